The number of nitrogens with zero attached hydrogens (tertiary/aromatic N) is 3. The summed E-state index contributed by atoms with van der Waals surface area (Å²) < 4.78 is 0. The number of hydrogen-bond acceptors (Lipinski definition) is 5. The Bertz CT molecular complexity index is 569. The minimum Gasteiger partial charge on any atom is -0.370 e. The molecule has 2 aromatic rings. The standard InChI is InChI=1S/C14H20N4S/c1-6-15-11-7-9(2)16-12(18-11)10-8-19-13(17-10)14(3,4)5/h7-8H,6H2,1-5H3,(H,15,16,18). The van der Waals surface area contributed by atoms with Crippen molar-refractivity contribution in [2.75, 3.05) is 11.9 Å². The van der Waals surface area contributed by atoms with Crippen LogP contribution < -0.4 is 5.32 Å². The Morgan fingerprint density at radius 3 is 2.53 bits per heavy atom. The van der Waals surface area contributed by atoms with Crippen molar-refractivity contribution in [3.05, 3.63) is 22.1 Å². The fourth-order valence-corrected chi connectivity index (χ4v) is 2.56. The van der Waals surface area contributed by atoms with Crippen molar-refractivity contribution in [2.24, 2.45) is 0 Å². The molecule has 0 radical (unpaired) electrons. The summed E-state index contributed by atoms with van der Waals surface area (Å²) in [6.07, 6.45) is 0. The maximum absolute atomic E-state index is 4.66. The van der Waals surface area contributed by atoms with E-state index in [1.165, 1.54) is 0 Å². The van der Waals surface area contributed by atoms with Gasteiger partial charge in [-0.25, -0.2) is 15.0 Å². The van der Waals surface area contributed by atoms with Crippen LogP contribution in [-0.4, -0.2) is 21.5 Å². The van der Waals surface area contributed by atoms with Gasteiger partial charge in [0, 0.05) is 29.1 Å². The van der Waals surface area contributed by atoms with Gasteiger partial charge in [-0.2, -0.15) is 0 Å². The third-order valence-corrected chi connectivity index (χ3v) is 3.86. The molecule has 0 bridgehead atoms. The van der Waals surface area contributed by atoms with Gasteiger partial charge in [-0.15, -0.1) is 11.3 Å². The van der Waals surface area contributed by atoms with Crippen LogP contribution in [0.4, 0.5) is 5.82 Å². The highest BCUT2D eigenvalue weighted by atomic mass is 32.1. The van der Waals surface area contributed by atoms with Gasteiger partial charge in [-0.1, -0.05) is 20.8 Å². The van der Waals surface area contributed by atoms with E-state index in [-0.39, 0.29) is 5.41 Å². The zero-order valence-electron chi connectivity index (χ0n) is 12.1. The molecule has 0 spiro atoms. The summed E-state index contributed by atoms with van der Waals surface area (Å²) in [6, 6.07) is 1.95. The zero-order chi connectivity index (χ0) is 14.0. The highest BCUT2D eigenvalue weighted by molar-refractivity contribution is 7.10. The number of aryl methyl sites for hydroxylation is 1. The average molecular weight is 276 g/mol. The van der Waals surface area contributed by atoms with Crippen molar-refractivity contribution in [1.29, 1.82) is 0 Å². The number of rotatable bonds is 3. The fourth-order valence-electron chi connectivity index (χ4n) is 1.68. The first kappa shape index (κ1) is 13.9. The van der Waals surface area contributed by atoms with Gasteiger partial charge < -0.3 is 5.32 Å². The molecule has 0 fully saturated rings. The van der Waals surface area contributed by atoms with E-state index in [1.807, 2.05) is 18.4 Å². The van der Waals surface area contributed by atoms with E-state index < -0.39 is 0 Å². The Hall–Kier alpha value is -1.49. The van der Waals surface area contributed by atoms with E-state index in [2.05, 4.69) is 48.0 Å². The summed E-state index contributed by atoms with van der Waals surface area (Å²) >= 11 is 1.66. The first-order valence-corrected chi connectivity index (χ1v) is 7.34. The van der Waals surface area contributed by atoms with Crippen molar-refractivity contribution < 1.29 is 0 Å². The van der Waals surface area contributed by atoms with Crippen LogP contribution in [0.5, 0.6) is 0 Å². The number of anilines is 1. The first-order valence-electron chi connectivity index (χ1n) is 6.46. The topological polar surface area (TPSA) is 50.7 Å². The molecule has 0 aromatic carbocycles. The summed E-state index contributed by atoms with van der Waals surface area (Å²) in [4.78, 5) is 13.6. The molecule has 2 rings (SSSR count). The summed E-state index contributed by atoms with van der Waals surface area (Å²) in [5.74, 6) is 1.55. The summed E-state index contributed by atoms with van der Waals surface area (Å²) in [7, 11) is 0. The minimum atomic E-state index is 0.0667. The lowest BCUT2D eigenvalue weighted by Crippen LogP contribution is -2.10. The Kier molecular flexibility index (Phi) is 3.85. The molecule has 0 unspecified atom stereocenters. The van der Waals surface area contributed by atoms with Crippen molar-refractivity contribution in [1.82, 2.24) is 15.0 Å². The number of thiazole rings is 1. The molecule has 5 heteroatoms. The van der Waals surface area contributed by atoms with Crippen LogP contribution in [0.2, 0.25) is 0 Å². The average Bonchev–Trinajstić information content (AvgIpc) is 2.77. The normalized spacial score (nSPS) is 11.6. The van der Waals surface area contributed by atoms with Gasteiger partial charge in [0.05, 0.1) is 5.01 Å². The van der Waals surface area contributed by atoms with Crippen molar-refractivity contribution >= 4 is 17.2 Å². The Labute approximate surface area is 118 Å². The molecule has 1 N–H and O–H groups in total. The van der Waals surface area contributed by atoms with Crippen molar-refractivity contribution in [3.63, 3.8) is 0 Å². The molecule has 2 heterocycles. The Morgan fingerprint density at radius 2 is 1.95 bits per heavy atom. The van der Waals surface area contributed by atoms with Gasteiger partial charge in [0.2, 0.25) is 0 Å². The van der Waals surface area contributed by atoms with E-state index >= 15 is 0 Å². The summed E-state index contributed by atoms with van der Waals surface area (Å²) in [5, 5.41) is 6.36. The van der Waals surface area contributed by atoms with Gasteiger partial charge in [0.25, 0.3) is 0 Å². The van der Waals surface area contributed by atoms with E-state index in [0.29, 0.717) is 5.82 Å². The minimum absolute atomic E-state index is 0.0667. The molecule has 102 valence electrons. The Balaban J connectivity index is 2.38. The molecule has 0 aliphatic heterocycles. The van der Waals surface area contributed by atoms with Crippen LogP contribution >= 0.6 is 11.3 Å². The van der Waals surface area contributed by atoms with Gasteiger partial charge in [0.1, 0.15) is 11.5 Å². The number of hydrogen-bond donors (Lipinski definition) is 1. The molecule has 0 saturated heterocycles. The number of aromatic nitrogens is 3. The van der Waals surface area contributed by atoms with E-state index in [9.17, 15) is 0 Å². The van der Waals surface area contributed by atoms with E-state index in [1.54, 1.807) is 11.3 Å². The molecule has 4 nitrogen and oxygen atoms in total. The summed E-state index contributed by atoms with van der Waals surface area (Å²) in [6.45, 7) is 11.4. The lowest BCUT2D eigenvalue weighted by molar-refractivity contribution is 0.586. The van der Waals surface area contributed by atoms with Crippen LogP contribution in [0.15, 0.2) is 11.4 Å². The highest BCUT2D eigenvalue weighted by Gasteiger charge is 2.19. The molecule has 0 aliphatic carbocycles. The van der Waals surface area contributed by atoms with Crippen LogP contribution in [-0.2, 0) is 5.41 Å². The molecular formula is C14H20N4S. The van der Waals surface area contributed by atoms with Gasteiger partial charge >= 0.3 is 0 Å². The monoisotopic (exact) mass is 276 g/mol. The first-order chi connectivity index (χ1) is 8.90. The summed E-state index contributed by atoms with van der Waals surface area (Å²) in [5.41, 5.74) is 1.88. The largest absolute Gasteiger partial charge is 0.370 e. The molecular weight excluding hydrogens is 256 g/mol. The van der Waals surface area contributed by atoms with Crippen molar-refractivity contribution in [2.45, 2.75) is 40.0 Å². The fraction of sp³-hybridized carbons (Fsp3) is 0.500. The molecule has 0 amide bonds. The number of nitrogens with one attached hydrogen (secondary N) is 1. The third-order valence-electron chi connectivity index (χ3n) is 2.59. The van der Waals surface area contributed by atoms with Crippen LogP contribution in [0.25, 0.3) is 11.5 Å². The zero-order valence-corrected chi connectivity index (χ0v) is 12.9. The second-order valence-corrected chi connectivity index (χ2v) is 6.39. The lowest BCUT2D eigenvalue weighted by Gasteiger charge is -2.13. The third kappa shape index (κ3) is 3.29. The maximum Gasteiger partial charge on any atom is 0.181 e. The quantitative estimate of drug-likeness (QED) is 0.930. The Morgan fingerprint density at radius 1 is 1.21 bits per heavy atom. The van der Waals surface area contributed by atoms with Crippen LogP contribution in [0, 0.1) is 6.92 Å². The predicted molar refractivity (Wildman–Crippen MR) is 80.7 cm³/mol. The van der Waals surface area contributed by atoms with Crippen LogP contribution in [0.1, 0.15) is 38.4 Å². The second kappa shape index (κ2) is 5.25. The lowest BCUT2D eigenvalue weighted by atomic mass is 9.98. The van der Waals surface area contributed by atoms with Gasteiger partial charge in [-0.05, 0) is 13.8 Å². The maximum atomic E-state index is 4.66. The molecule has 0 saturated carbocycles. The van der Waals surface area contributed by atoms with E-state index in [0.717, 1.165) is 28.8 Å². The highest BCUT2D eigenvalue weighted by Crippen LogP contribution is 2.29. The molecule has 0 atom stereocenters. The smallest absolute Gasteiger partial charge is 0.181 e. The SMILES string of the molecule is CCNc1cc(C)nc(-c2csc(C(C)(C)C)n2)n1. The molecule has 19 heavy (non-hydrogen) atoms. The molecule has 2 aromatic heterocycles. The second-order valence-electron chi connectivity index (χ2n) is 5.54. The van der Waals surface area contributed by atoms with E-state index in [4.69, 9.17) is 0 Å². The van der Waals surface area contributed by atoms with Crippen molar-refractivity contribution in [3.8, 4) is 11.5 Å². The van der Waals surface area contributed by atoms with Gasteiger partial charge in [-0.3, -0.25) is 0 Å². The van der Waals surface area contributed by atoms with Crippen LogP contribution in [0.3, 0.4) is 0 Å². The van der Waals surface area contributed by atoms with Gasteiger partial charge in [0.15, 0.2) is 5.82 Å². The molecule has 0 aliphatic rings. The predicted octanol–water partition coefficient (Wildman–Crippen LogP) is 3.64.